The van der Waals surface area contributed by atoms with Gasteiger partial charge in [-0.1, -0.05) is 51.2 Å². The Morgan fingerprint density at radius 1 is 1.00 bits per heavy atom. The molecule has 0 saturated carbocycles. The van der Waals surface area contributed by atoms with Crippen molar-refractivity contribution in [3.8, 4) is 5.75 Å². The highest BCUT2D eigenvalue weighted by Crippen LogP contribution is 2.16. The van der Waals surface area contributed by atoms with Gasteiger partial charge in [-0.15, -0.1) is 0 Å². The van der Waals surface area contributed by atoms with Gasteiger partial charge in [-0.05, 0) is 18.6 Å². The summed E-state index contributed by atoms with van der Waals surface area (Å²) in [5.41, 5.74) is 0. The van der Waals surface area contributed by atoms with E-state index in [-0.39, 0.29) is 5.82 Å². The van der Waals surface area contributed by atoms with E-state index in [4.69, 9.17) is 4.74 Å². The number of halogens is 1. The minimum atomic E-state index is -0.270. The van der Waals surface area contributed by atoms with Crippen LogP contribution in [0, 0.1) is 5.82 Å². The molecule has 0 heterocycles. The highest BCUT2D eigenvalue weighted by Gasteiger charge is 2.00. The van der Waals surface area contributed by atoms with Gasteiger partial charge in [-0.3, -0.25) is 0 Å². The molecule has 90 valence electrons. The summed E-state index contributed by atoms with van der Waals surface area (Å²) in [5.74, 6) is 0.101. The normalized spacial score (nSPS) is 10.4. The maximum Gasteiger partial charge on any atom is 0.165 e. The largest absolute Gasteiger partial charge is 0.491 e. The van der Waals surface area contributed by atoms with E-state index >= 15 is 0 Å². The summed E-state index contributed by atoms with van der Waals surface area (Å²) < 4.78 is 18.5. The van der Waals surface area contributed by atoms with Crippen molar-refractivity contribution in [1.29, 1.82) is 0 Å². The van der Waals surface area contributed by atoms with Crippen molar-refractivity contribution in [2.75, 3.05) is 6.61 Å². The summed E-state index contributed by atoms with van der Waals surface area (Å²) >= 11 is 0. The third-order valence-corrected chi connectivity index (χ3v) is 2.59. The first-order valence-electron chi connectivity index (χ1n) is 6.22. The zero-order valence-corrected chi connectivity index (χ0v) is 10.0. The molecule has 0 atom stereocenters. The van der Waals surface area contributed by atoms with E-state index < -0.39 is 0 Å². The lowest BCUT2D eigenvalue weighted by atomic mass is 10.1. The molecule has 1 nitrogen and oxygen atoms in total. The van der Waals surface area contributed by atoms with Crippen LogP contribution in [0.25, 0.3) is 0 Å². The molecule has 1 aromatic carbocycles. The lowest BCUT2D eigenvalue weighted by Crippen LogP contribution is -1.98. The molecule has 0 fully saturated rings. The smallest absolute Gasteiger partial charge is 0.165 e. The highest BCUT2D eigenvalue weighted by atomic mass is 19.1. The Kier molecular flexibility index (Phi) is 6.62. The Morgan fingerprint density at radius 3 is 2.44 bits per heavy atom. The number of ether oxygens (including phenoxy) is 1. The SMILES string of the molecule is CCCCCCCCOc1ccccc1F. The van der Waals surface area contributed by atoms with Crippen molar-refractivity contribution in [2.24, 2.45) is 0 Å². The minimum Gasteiger partial charge on any atom is -0.491 e. The topological polar surface area (TPSA) is 9.23 Å². The summed E-state index contributed by atoms with van der Waals surface area (Å²) in [7, 11) is 0. The fourth-order valence-corrected chi connectivity index (χ4v) is 1.63. The molecule has 16 heavy (non-hydrogen) atoms. The van der Waals surface area contributed by atoms with Gasteiger partial charge in [0, 0.05) is 0 Å². The van der Waals surface area contributed by atoms with Gasteiger partial charge < -0.3 is 4.74 Å². The molecule has 1 aromatic rings. The monoisotopic (exact) mass is 224 g/mol. The number of unbranched alkanes of at least 4 members (excludes halogenated alkanes) is 5. The first-order chi connectivity index (χ1) is 7.84. The van der Waals surface area contributed by atoms with Crippen molar-refractivity contribution < 1.29 is 9.13 Å². The lowest BCUT2D eigenvalue weighted by molar-refractivity contribution is 0.290. The van der Waals surface area contributed by atoms with Gasteiger partial charge in [0.2, 0.25) is 0 Å². The Hall–Kier alpha value is -1.05. The van der Waals surface area contributed by atoms with E-state index in [1.807, 2.05) is 0 Å². The second-order valence-corrected chi connectivity index (χ2v) is 4.05. The number of para-hydroxylation sites is 1. The molecule has 0 saturated heterocycles. The van der Waals surface area contributed by atoms with Gasteiger partial charge >= 0.3 is 0 Å². The Labute approximate surface area is 97.6 Å². The Morgan fingerprint density at radius 2 is 1.69 bits per heavy atom. The quantitative estimate of drug-likeness (QED) is 0.588. The lowest BCUT2D eigenvalue weighted by Gasteiger charge is -2.06. The van der Waals surface area contributed by atoms with Crippen LogP contribution in [0.4, 0.5) is 4.39 Å². The molecular formula is C14H21FO. The Bertz CT molecular complexity index is 286. The highest BCUT2D eigenvalue weighted by molar-refractivity contribution is 5.23. The maximum atomic E-state index is 13.1. The van der Waals surface area contributed by atoms with E-state index in [9.17, 15) is 4.39 Å². The molecule has 0 radical (unpaired) electrons. The average Bonchev–Trinajstić information content (AvgIpc) is 2.30. The van der Waals surface area contributed by atoms with Crippen LogP contribution in [0.5, 0.6) is 5.75 Å². The fraction of sp³-hybridized carbons (Fsp3) is 0.571. The summed E-state index contributed by atoms with van der Waals surface area (Å²) in [6, 6.07) is 6.57. The second-order valence-electron chi connectivity index (χ2n) is 4.05. The van der Waals surface area contributed by atoms with Gasteiger partial charge in [0.25, 0.3) is 0 Å². The van der Waals surface area contributed by atoms with Crippen molar-refractivity contribution >= 4 is 0 Å². The van der Waals surface area contributed by atoms with Gasteiger partial charge in [0.15, 0.2) is 11.6 Å². The molecule has 0 aliphatic heterocycles. The second kappa shape index (κ2) is 8.14. The third-order valence-electron chi connectivity index (χ3n) is 2.59. The number of rotatable bonds is 8. The molecule has 0 bridgehead atoms. The van der Waals surface area contributed by atoms with Crippen LogP contribution in [-0.2, 0) is 0 Å². The zero-order valence-electron chi connectivity index (χ0n) is 10.0. The van der Waals surface area contributed by atoms with Gasteiger partial charge in [-0.2, -0.15) is 0 Å². The third kappa shape index (κ3) is 5.15. The molecule has 2 heteroatoms. The summed E-state index contributed by atoms with van der Waals surface area (Å²) in [5, 5.41) is 0. The van der Waals surface area contributed by atoms with Gasteiger partial charge in [-0.25, -0.2) is 4.39 Å². The van der Waals surface area contributed by atoms with E-state index in [1.165, 1.54) is 38.2 Å². The van der Waals surface area contributed by atoms with Crippen LogP contribution in [-0.4, -0.2) is 6.61 Å². The molecule has 0 unspecified atom stereocenters. The first-order valence-corrected chi connectivity index (χ1v) is 6.22. The average molecular weight is 224 g/mol. The fourth-order valence-electron chi connectivity index (χ4n) is 1.63. The minimum absolute atomic E-state index is 0.270. The predicted octanol–water partition coefficient (Wildman–Crippen LogP) is 4.57. The summed E-state index contributed by atoms with van der Waals surface area (Å²) in [4.78, 5) is 0. The van der Waals surface area contributed by atoms with Crippen LogP contribution in [0.15, 0.2) is 24.3 Å². The summed E-state index contributed by atoms with van der Waals surface area (Å²) in [6.07, 6.45) is 7.33. The van der Waals surface area contributed by atoms with Crippen LogP contribution in [0.1, 0.15) is 45.4 Å². The number of hydrogen-bond acceptors (Lipinski definition) is 1. The zero-order chi connectivity index (χ0) is 11.6. The van der Waals surface area contributed by atoms with Gasteiger partial charge in [0.05, 0.1) is 6.61 Å². The van der Waals surface area contributed by atoms with Crippen LogP contribution in [0.3, 0.4) is 0 Å². The number of benzene rings is 1. The molecule has 0 N–H and O–H groups in total. The van der Waals surface area contributed by atoms with Crippen LogP contribution >= 0.6 is 0 Å². The van der Waals surface area contributed by atoms with E-state index in [2.05, 4.69) is 6.92 Å². The molecular weight excluding hydrogens is 203 g/mol. The molecule has 0 aliphatic carbocycles. The van der Waals surface area contributed by atoms with Gasteiger partial charge in [0.1, 0.15) is 0 Å². The van der Waals surface area contributed by atoms with E-state index in [0.717, 1.165) is 6.42 Å². The first kappa shape index (κ1) is 13.0. The van der Waals surface area contributed by atoms with E-state index in [1.54, 1.807) is 18.2 Å². The Balaban J connectivity index is 2.05. The summed E-state index contributed by atoms with van der Waals surface area (Å²) in [6.45, 7) is 2.83. The maximum absolute atomic E-state index is 13.1. The number of hydrogen-bond donors (Lipinski definition) is 0. The standard InChI is InChI=1S/C14H21FO/c1-2-3-4-5-6-9-12-16-14-11-8-7-10-13(14)15/h7-8,10-11H,2-6,9,12H2,1H3. The van der Waals surface area contributed by atoms with Crippen LogP contribution < -0.4 is 4.74 Å². The molecule has 0 spiro atoms. The molecule has 0 aromatic heterocycles. The van der Waals surface area contributed by atoms with Crippen molar-refractivity contribution in [1.82, 2.24) is 0 Å². The molecule has 0 amide bonds. The van der Waals surface area contributed by atoms with Crippen molar-refractivity contribution in [2.45, 2.75) is 45.4 Å². The predicted molar refractivity (Wildman–Crippen MR) is 65.3 cm³/mol. The van der Waals surface area contributed by atoms with E-state index in [0.29, 0.717) is 12.4 Å². The molecule has 1 rings (SSSR count). The van der Waals surface area contributed by atoms with Crippen molar-refractivity contribution in [3.05, 3.63) is 30.1 Å². The van der Waals surface area contributed by atoms with Crippen molar-refractivity contribution in [3.63, 3.8) is 0 Å². The van der Waals surface area contributed by atoms with Crippen LogP contribution in [0.2, 0.25) is 0 Å². The molecule has 0 aliphatic rings.